The second kappa shape index (κ2) is 6.96. The molecule has 0 bridgehead atoms. The van der Waals surface area contributed by atoms with Crippen molar-refractivity contribution in [2.24, 2.45) is 0 Å². The fourth-order valence-corrected chi connectivity index (χ4v) is 4.02. The molecule has 0 aliphatic heterocycles. The number of nitrogens with one attached hydrogen (secondary N) is 1. The van der Waals surface area contributed by atoms with E-state index in [1.54, 1.807) is 0 Å². The van der Waals surface area contributed by atoms with E-state index in [1.807, 2.05) is 13.8 Å². The molecule has 2 heterocycles. The lowest BCUT2D eigenvalue weighted by Gasteiger charge is -2.08. The number of halogens is 3. The molecule has 2 aromatic heterocycles. The van der Waals surface area contributed by atoms with Gasteiger partial charge in [0.1, 0.15) is 17.3 Å². The van der Waals surface area contributed by atoms with Gasteiger partial charge in [-0.1, -0.05) is 34.8 Å². The van der Waals surface area contributed by atoms with E-state index in [0.29, 0.717) is 10.2 Å². The number of carbonyl (C=O) groups excluding carboxylic acids is 1. The number of esters is 1. The van der Waals surface area contributed by atoms with Crippen LogP contribution >= 0.6 is 46.1 Å². The third-order valence-corrected chi connectivity index (χ3v) is 5.90. The molecule has 0 aliphatic carbocycles. The Morgan fingerprint density at radius 1 is 1.24 bits per heavy atom. The highest BCUT2D eigenvalue weighted by molar-refractivity contribution is 7.18. The molecule has 0 saturated carbocycles. The zero-order chi connectivity index (χ0) is 18.3. The fourth-order valence-electron chi connectivity index (χ4n) is 2.29. The number of aromatic nitrogens is 2. The standard InChI is InChI=1S/C16H11Cl3N2O3S/c1-6-7(2)25-15-11(6)14(22)20-10(21-15)5-24-16(23)12-8(17)3-4-9(18)13(12)19/h3-4H,5H2,1-2H3,(H,20,21,22). The van der Waals surface area contributed by atoms with Crippen molar-refractivity contribution in [3.8, 4) is 0 Å². The molecule has 0 aliphatic rings. The molecule has 0 spiro atoms. The van der Waals surface area contributed by atoms with Crippen LogP contribution in [0.3, 0.4) is 0 Å². The van der Waals surface area contributed by atoms with Gasteiger partial charge in [0.15, 0.2) is 0 Å². The van der Waals surface area contributed by atoms with Crippen molar-refractivity contribution in [1.29, 1.82) is 0 Å². The molecule has 9 heteroatoms. The topological polar surface area (TPSA) is 72.0 Å². The molecule has 5 nitrogen and oxygen atoms in total. The average molecular weight is 418 g/mol. The first-order valence-electron chi connectivity index (χ1n) is 7.09. The summed E-state index contributed by atoms with van der Waals surface area (Å²) in [7, 11) is 0. The number of nitrogens with zero attached hydrogens (tertiary/aromatic N) is 1. The second-order valence-electron chi connectivity index (χ2n) is 5.27. The number of hydrogen-bond donors (Lipinski definition) is 1. The summed E-state index contributed by atoms with van der Waals surface area (Å²) >= 11 is 19.3. The van der Waals surface area contributed by atoms with Crippen molar-refractivity contribution >= 4 is 62.3 Å². The molecule has 3 rings (SSSR count). The van der Waals surface area contributed by atoms with Crippen LogP contribution in [0.1, 0.15) is 26.6 Å². The summed E-state index contributed by atoms with van der Waals surface area (Å²) in [5, 5.41) is 0.885. The van der Waals surface area contributed by atoms with Crippen LogP contribution in [0.25, 0.3) is 10.2 Å². The van der Waals surface area contributed by atoms with E-state index in [-0.39, 0.29) is 38.6 Å². The predicted octanol–water partition coefficient (Wildman–Crippen LogP) is 4.92. The van der Waals surface area contributed by atoms with Crippen LogP contribution in [0.4, 0.5) is 0 Å². The molecule has 0 atom stereocenters. The molecule has 1 aromatic carbocycles. The number of thiophene rings is 1. The molecular weight excluding hydrogens is 407 g/mol. The Labute approximate surface area is 161 Å². The van der Waals surface area contributed by atoms with Crippen LogP contribution in [0.2, 0.25) is 15.1 Å². The number of rotatable bonds is 3. The SMILES string of the molecule is Cc1sc2nc(COC(=O)c3c(Cl)ccc(Cl)c3Cl)[nH]c(=O)c2c1C. The smallest absolute Gasteiger partial charge is 0.341 e. The third kappa shape index (κ3) is 3.40. The Morgan fingerprint density at radius 3 is 2.64 bits per heavy atom. The van der Waals surface area contributed by atoms with Crippen LogP contribution < -0.4 is 5.56 Å². The lowest BCUT2D eigenvalue weighted by molar-refractivity contribution is 0.0463. The van der Waals surface area contributed by atoms with E-state index in [2.05, 4.69) is 9.97 Å². The number of fused-ring (bicyclic) bond motifs is 1. The van der Waals surface area contributed by atoms with E-state index in [9.17, 15) is 9.59 Å². The van der Waals surface area contributed by atoms with Gasteiger partial charge in [-0.15, -0.1) is 11.3 Å². The lowest BCUT2D eigenvalue weighted by Crippen LogP contribution is -2.14. The second-order valence-corrected chi connectivity index (χ2v) is 7.67. The Kier molecular flexibility index (Phi) is 5.06. The van der Waals surface area contributed by atoms with E-state index < -0.39 is 5.97 Å². The van der Waals surface area contributed by atoms with Crippen LogP contribution in [0, 0.1) is 13.8 Å². The van der Waals surface area contributed by atoms with Crippen molar-refractivity contribution in [3.63, 3.8) is 0 Å². The van der Waals surface area contributed by atoms with Crippen LogP contribution in [-0.2, 0) is 11.3 Å². The largest absolute Gasteiger partial charge is 0.454 e. The Hall–Kier alpha value is -1.60. The third-order valence-electron chi connectivity index (χ3n) is 3.68. The number of carbonyl (C=O) groups is 1. The summed E-state index contributed by atoms with van der Waals surface area (Å²) < 4.78 is 5.18. The number of ether oxygens (including phenoxy) is 1. The van der Waals surface area contributed by atoms with Gasteiger partial charge >= 0.3 is 5.97 Å². The minimum atomic E-state index is -0.751. The molecule has 25 heavy (non-hydrogen) atoms. The van der Waals surface area contributed by atoms with Gasteiger partial charge in [0.05, 0.1) is 26.0 Å². The summed E-state index contributed by atoms with van der Waals surface area (Å²) in [5.74, 6) is -0.514. The molecule has 0 fully saturated rings. The van der Waals surface area contributed by atoms with Gasteiger partial charge in [0.25, 0.3) is 5.56 Å². The molecule has 0 unspecified atom stereocenters. The average Bonchev–Trinajstić information content (AvgIpc) is 2.84. The van der Waals surface area contributed by atoms with Gasteiger partial charge in [-0.05, 0) is 31.5 Å². The van der Waals surface area contributed by atoms with Crippen LogP contribution in [0.5, 0.6) is 0 Å². The molecule has 1 N–H and O–H groups in total. The summed E-state index contributed by atoms with van der Waals surface area (Å²) in [4.78, 5) is 33.0. The van der Waals surface area contributed by atoms with Gasteiger partial charge in [0, 0.05) is 4.88 Å². The monoisotopic (exact) mass is 416 g/mol. The van der Waals surface area contributed by atoms with Crippen molar-refractivity contribution in [2.45, 2.75) is 20.5 Å². The zero-order valence-electron chi connectivity index (χ0n) is 13.1. The summed E-state index contributed by atoms with van der Waals surface area (Å²) in [6.45, 7) is 3.57. The molecule has 0 saturated heterocycles. The maximum absolute atomic E-state index is 12.3. The summed E-state index contributed by atoms with van der Waals surface area (Å²) in [6, 6.07) is 2.94. The van der Waals surface area contributed by atoms with Gasteiger partial charge in [0.2, 0.25) is 0 Å². The summed E-state index contributed by atoms with van der Waals surface area (Å²) in [6.07, 6.45) is 0. The Balaban J connectivity index is 1.87. The van der Waals surface area contributed by atoms with Crippen molar-refractivity contribution in [1.82, 2.24) is 9.97 Å². The molecule has 3 aromatic rings. The molecule has 130 valence electrons. The highest BCUT2D eigenvalue weighted by atomic mass is 35.5. The number of benzene rings is 1. The van der Waals surface area contributed by atoms with Crippen molar-refractivity contribution < 1.29 is 9.53 Å². The normalized spacial score (nSPS) is 11.1. The maximum Gasteiger partial charge on any atom is 0.341 e. The lowest BCUT2D eigenvalue weighted by atomic mass is 10.2. The first kappa shape index (κ1) is 18.2. The number of aromatic amines is 1. The van der Waals surface area contributed by atoms with Crippen molar-refractivity contribution in [3.05, 3.63) is 59.4 Å². The fraction of sp³-hybridized carbons (Fsp3) is 0.188. The van der Waals surface area contributed by atoms with Gasteiger partial charge in [-0.25, -0.2) is 9.78 Å². The predicted molar refractivity (Wildman–Crippen MR) is 100 cm³/mol. The highest BCUT2D eigenvalue weighted by Crippen LogP contribution is 2.32. The highest BCUT2D eigenvalue weighted by Gasteiger charge is 2.19. The first-order valence-corrected chi connectivity index (χ1v) is 9.04. The molecular formula is C16H11Cl3N2O3S. The quantitative estimate of drug-likeness (QED) is 0.485. The Bertz CT molecular complexity index is 1060. The number of H-pyrrole nitrogens is 1. The van der Waals surface area contributed by atoms with Gasteiger partial charge < -0.3 is 9.72 Å². The molecule has 0 radical (unpaired) electrons. The maximum atomic E-state index is 12.3. The van der Waals surface area contributed by atoms with Gasteiger partial charge in [-0.2, -0.15) is 0 Å². The van der Waals surface area contributed by atoms with Crippen LogP contribution in [0.15, 0.2) is 16.9 Å². The minimum absolute atomic E-state index is 0.0144. The van der Waals surface area contributed by atoms with E-state index in [4.69, 9.17) is 39.5 Å². The Morgan fingerprint density at radius 2 is 1.92 bits per heavy atom. The first-order chi connectivity index (χ1) is 11.8. The van der Waals surface area contributed by atoms with E-state index in [1.165, 1.54) is 23.5 Å². The van der Waals surface area contributed by atoms with Gasteiger partial charge in [-0.3, -0.25) is 4.79 Å². The minimum Gasteiger partial charge on any atom is -0.454 e. The van der Waals surface area contributed by atoms with E-state index in [0.717, 1.165) is 10.4 Å². The number of hydrogen-bond acceptors (Lipinski definition) is 5. The molecule has 0 amide bonds. The zero-order valence-corrected chi connectivity index (χ0v) is 16.2. The number of aryl methyl sites for hydroxylation is 2. The van der Waals surface area contributed by atoms with Crippen LogP contribution in [-0.4, -0.2) is 15.9 Å². The van der Waals surface area contributed by atoms with Crippen molar-refractivity contribution in [2.75, 3.05) is 0 Å². The van der Waals surface area contributed by atoms with E-state index >= 15 is 0 Å². The summed E-state index contributed by atoms with van der Waals surface area (Å²) in [5.41, 5.74) is 0.605.